The Morgan fingerprint density at radius 3 is 1.93 bits per heavy atom. The Labute approximate surface area is 134 Å². The van der Waals surface area contributed by atoms with Crippen molar-refractivity contribution >= 4 is 39.2 Å². The Morgan fingerprint density at radius 2 is 1.57 bits per heavy atom. The van der Waals surface area contributed by atoms with Crippen molar-refractivity contribution in [2.75, 3.05) is 0 Å². The van der Waals surface area contributed by atoms with E-state index in [0.717, 1.165) is 5.56 Å². The Kier molecular flexibility index (Phi) is 7.02. The smallest absolute Gasteiger partial charge is 0.348 e. The minimum atomic E-state index is -2.68. The molecule has 0 aliphatic carbocycles. The third-order valence-electron chi connectivity index (χ3n) is 1.88. The summed E-state index contributed by atoms with van der Waals surface area (Å²) in [7, 11) is 0. The van der Waals surface area contributed by atoms with Crippen LogP contribution in [0.15, 0.2) is 24.3 Å². The van der Waals surface area contributed by atoms with E-state index < -0.39 is 6.00 Å². The van der Waals surface area contributed by atoms with E-state index in [1.54, 1.807) is 24.3 Å². The van der Waals surface area contributed by atoms with Gasteiger partial charge in [0, 0.05) is 49.6 Å². The molecule has 1 aromatic carbocycles. The SMILES string of the molecule is CC(c1ccc(O)cc1)[Si](Cl)(Cl)Cl.[Ac]. The first-order valence-electron chi connectivity index (χ1n) is 3.77. The zero-order chi connectivity index (χ0) is 10.1. The second-order valence-corrected chi connectivity index (χ2v) is 11.9. The van der Waals surface area contributed by atoms with Crippen molar-refractivity contribution in [1.29, 1.82) is 0 Å². The molecule has 1 radical (unpaired) electrons. The zero-order valence-corrected chi connectivity index (χ0v) is 15.6. The molecular formula is C8H9AcCl3OSi. The van der Waals surface area contributed by atoms with Gasteiger partial charge in [0.2, 0.25) is 0 Å². The van der Waals surface area contributed by atoms with Crippen molar-refractivity contribution in [2.45, 2.75) is 12.5 Å². The van der Waals surface area contributed by atoms with Crippen LogP contribution in [-0.2, 0) is 0 Å². The second-order valence-electron chi connectivity index (χ2n) is 2.85. The zero-order valence-electron chi connectivity index (χ0n) is 7.55. The maximum Gasteiger partial charge on any atom is 0.348 e. The van der Waals surface area contributed by atoms with Gasteiger partial charge >= 0.3 is 6.00 Å². The monoisotopic (exact) mass is 481 g/mol. The van der Waals surface area contributed by atoms with Gasteiger partial charge in [-0.1, -0.05) is 19.1 Å². The van der Waals surface area contributed by atoms with E-state index in [0.29, 0.717) is 0 Å². The van der Waals surface area contributed by atoms with Crippen LogP contribution in [-0.4, -0.2) is 11.1 Å². The molecule has 0 heterocycles. The van der Waals surface area contributed by atoms with E-state index in [9.17, 15) is 0 Å². The number of halogens is 3. The minimum absolute atomic E-state index is 0. The van der Waals surface area contributed by atoms with Gasteiger partial charge in [0.1, 0.15) is 5.75 Å². The summed E-state index contributed by atoms with van der Waals surface area (Å²) in [6.07, 6.45) is 0. The van der Waals surface area contributed by atoms with Crippen molar-refractivity contribution in [1.82, 2.24) is 0 Å². The number of rotatable bonds is 2. The van der Waals surface area contributed by atoms with Crippen LogP contribution in [0.2, 0.25) is 0 Å². The van der Waals surface area contributed by atoms with Crippen molar-refractivity contribution < 1.29 is 49.2 Å². The molecule has 1 N–H and O–H groups in total. The quantitative estimate of drug-likeness (QED) is 0.504. The molecule has 0 aromatic heterocycles. The van der Waals surface area contributed by atoms with Gasteiger partial charge in [-0.05, 0) is 17.7 Å². The van der Waals surface area contributed by atoms with Gasteiger partial charge in [0.15, 0.2) is 0 Å². The number of hydrogen-bond donors (Lipinski definition) is 1. The largest absolute Gasteiger partial charge is 0.508 e. The maximum absolute atomic E-state index is 9.05. The van der Waals surface area contributed by atoms with Crippen LogP contribution in [0, 0.1) is 44.1 Å². The first-order chi connectivity index (χ1) is 5.91. The molecule has 1 nitrogen and oxygen atoms in total. The van der Waals surface area contributed by atoms with Gasteiger partial charge in [0.25, 0.3) is 0 Å². The fourth-order valence-corrected chi connectivity index (χ4v) is 2.66. The fraction of sp³-hybridized carbons (Fsp3) is 0.250. The molecule has 0 spiro atoms. The number of benzene rings is 1. The molecule has 75 valence electrons. The van der Waals surface area contributed by atoms with Crippen molar-refractivity contribution in [3.63, 3.8) is 0 Å². The first kappa shape index (κ1) is 15.5. The molecule has 1 unspecified atom stereocenters. The molecule has 0 bridgehead atoms. The van der Waals surface area contributed by atoms with Gasteiger partial charge in [-0.3, -0.25) is 0 Å². The first-order valence-corrected chi connectivity index (χ1v) is 8.88. The summed E-state index contributed by atoms with van der Waals surface area (Å²) in [5, 5.41) is 9.05. The van der Waals surface area contributed by atoms with Crippen molar-refractivity contribution in [3.05, 3.63) is 29.8 Å². The van der Waals surface area contributed by atoms with Crippen molar-refractivity contribution in [3.8, 4) is 5.75 Å². The summed E-state index contributed by atoms with van der Waals surface area (Å²) in [5.74, 6) is 0.224. The Bertz CT molecular complexity index is 286. The van der Waals surface area contributed by atoms with E-state index in [4.69, 9.17) is 38.3 Å². The molecular weight excluding hydrogens is 474 g/mol. The molecule has 1 atom stereocenters. The molecule has 1 aromatic rings. The second kappa shape index (κ2) is 6.32. The van der Waals surface area contributed by atoms with Gasteiger partial charge in [-0.2, -0.15) is 0 Å². The predicted molar refractivity (Wildman–Crippen MR) is 59.8 cm³/mol. The predicted octanol–water partition coefficient (Wildman–Crippen LogP) is 3.69. The van der Waals surface area contributed by atoms with E-state index in [1.165, 1.54) is 0 Å². The average Bonchev–Trinajstić information content (AvgIpc) is 2.03. The number of phenolic OH excluding ortho intramolecular Hbond substituents is 1. The molecule has 14 heavy (non-hydrogen) atoms. The van der Waals surface area contributed by atoms with Crippen LogP contribution in [0.1, 0.15) is 18.0 Å². The summed E-state index contributed by atoms with van der Waals surface area (Å²) in [6.45, 7) is 1.88. The van der Waals surface area contributed by atoms with Crippen LogP contribution in [0.5, 0.6) is 5.75 Å². The molecule has 0 aliphatic rings. The molecule has 0 amide bonds. The van der Waals surface area contributed by atoms with E-state index in [-0.39, 0.29) is 55.4 Å². The standard InChI is InChI=1S/C8H9Cl3OSi.Ac/c1-6(13(9,10)11)7-2-4-8(12)5-3-7;/h2-6,12H,1H3;. The van der Waals surface area contributed by atoms with Crippen LogP contribution < -0.4 is 0 Å². The molecule has 6 heteroatoms. The minimum Gasteiger partial charge on any atom is -0.508 e. The molecule has 0 saturated heterocycles. The van der Waals surface area contributed by atoms with Gasteiger partial charge in [-0.15, -0.1) is 33.2 Å². The molecule has 0 saturated carbocycles. The van der Waals surface area contributed by atoms with E-state index in [1.807, 2.05) is 6.92 Å². The van der Waals surface area contributed by atoms with Crippen LogP contribution >= 0.6 is 33.2 Å². The van der Waals surface area contributed by atoms with Gasteiger partial charge in [0.05, 0.1) is 0 Å². The molecule has 0 aliphatic heterocycles. The summed E-state index contributed by atoms with van der Waals surface area (Å²) in [5.41, 5.74) is 0.891. The Hall–Kier alpha value is 1.55. The van der Waals surface area contributed by atoms with E-state index in [2.05, 4.69) is 0 Å². The maximum atomic E-state index is 9.05. The van der Waals surface area contributed by atoms with Gasteiger partial charge in [-0.25, -0.2) is 0 Å². The van der Waals surface area contributed by atoms with Crippen molar-refractivity contribution in [2.24, 2.45) is 0 Å². The average molecular weight is 483 g/mol. The Morgan fingerprint density at radius 1 is 1.14 bits per heavy atom. The van der Waals surface area contributed by atoms with Crippen LogP contribution in [0.4, 0.5) is 0 Å². The summed E-state index contributed by atoms with van der Waals surface area (Å²) < 4.78 is 0. The molecule has 0 fully saturated rings. The van der Waals surface area contributed by atoms with Crippen LogP contribution in [0.3, 0.4) is 0 Å². The summed E-state index contributed by atoms with van der Waals surface area (Å²) >= 11 is 17.6. The topological polar surface area (TPSA) is 20.2 Å². The fourth-order valence-electron chi connectivity index (χ4n) is 0.952. The third-order valence-corrected chi connectivity index (χ3v) is 6.15. The number of hydrogen-bond acceptors (Lipinski definition) is 1. The van der Waals surface area contributed by atoms with Gasteiger partial charge < -0.3 is 5.11 Å². The van der Waals surface area contributed by atoms with E-state index >= 15 is 0 Å². The normalized spacial score (nSPS) is 13.1. The number of phenols is 1. The Balaban J connectivity index is 0.00000169. The van der Waals surface area contributed by atoms with Crippen LogP contribution in [0.25, 0.3) is 0 Å². The summed E-state index contributed by atoms with van der Waals surface area (Å²) in [6, 6.07) is 4.05. The summed E-state index contributed by atoms with van der Waals surface area (Å²) in [4.78, 5) is 0. The molecule has 1 rings (SSSR count). The number of aromatic hydroxyl groups is 1. The third kappa shape index (κ3) is 4.59.